The fourth-order valence-electron chi connectivity index (χ4n) is 1.53. The van der Waals surface area contributed by atoms with E-state index in [-0.39, 0.29) is 18.9 Å². The van der Waals surface area contributed by atoms with Crippen LogP contribution < -0.4 is 5.32 Å². The van der Waals surface area contributed by atoms with Gasteiger partial charge in [0.05, 0.1) is 12.9 Å². The van der Waals surface area contributed by atoms with Crippen LogP contribution in [0.25, 0.3) is 0 Å². The average Bonchev–Trinajstić information content (AvgIpc) is 2.20. The molecule has 1 rings (SSSR count). The van der Waals surface area contributed by atoms with Gasteiger partial charge in [-0.3, -0.25) is 4.57 Å². The van der Waals surface area contributed by atoms with Crippen molar-refractivity contribution in [3.63, 3.8) is 0 Å². The molecule has 17 heavy (non-hydrogen) atoms. The third kappa shape index (κ3) is 4.46. The summed E-state index contributed by atoms with van der Waals surface area (Å²) in [7, 11) is -4.09. The molecule has 0 fully saturated rings. The van der Waals surface area contributed by atoms with Gasteiger partial charge in [-0.25, -0.2) is 0 Å². The Balaban J connectivity index is 2.77. The van der Waals surface area contributed by atoms with Gasteiger partial charge in [-0.2, -0.15) is 0 Å². The summed E-state index contributed by atoms with van der Waals surface area (Å²) in [6.07, 6.45) is -0.450. The maximum absolute atomic E-state index is 10.6. The highest BCUT2D eigenvalue weighted by Gasteiger charge is 2.13. The van der Waals surface area contributed by atoms with Gasteiger partial charge < -0.3 is 25.3 Å². The van der Waals surface area contributed by atoms with Gasteiger partial charge in [-0.1, -0.05) is 17.7 Å². The molecule has 0 aromatic heterocycles. The van der Waals surface area contributed by atoms with Crippen LogP contribution in [0.3, 0.4) is 0 Å². The molecule has 7 heteroatoms. The van der Waals surface area contributed by atoms with Crippen molar-refractivity contribution in [1.82, 2.24) is 5.32 Å². The zero-order chi connectivity index (χ0) is 13.1. The molecule has 0 heterocycles. The fraction of sp³-hybridized carbons (Fsp3) is 0.400. The Bertz CT molecular complexity index is 443. The van der Waals surface area contributed by atoms with Crippen LogP contribution in [-0.2, 0) is 17.7 Å². The molecule has 96 valence electrons. The molecule has 0 amide bonds. The van der Waals surface area contributed by atoms with E-state index in [1.165, 1.54) is 0 Å². The van der Waals surface area contributed by atoms with Crippen LogP contribution in [0.5, 0.6) is 5.75 Å². The van der Waals surface area contributed by atoms with Gasteiger partial charge in [0.2, 0.25) is 0 Å². The van der Waals surface area contributed by atoms with Crippen LogP contribution in [0.15, 0.2) is 12.1 Å². The Kier molecular flexibility index (Phi) is 4.68. The van der Waals surface area contributed by atoms with Crippen molar-refractivity contribution in [2.45, 2.75) is 20.1 Å². The zero-order valence-electron chi connectivity index (χ0n) is 9.42. The lowest BCUT2D eigenvalue weighted by Gasteiger charge is -2.11. The van der Waals surface area contributed by atoms with Crippen LogP contribution >= 0.6 is 7.60 Å². The summed E-state index contributed by atoms with van der Waals surface area (Å²) in [6.45, 7) is 1.66. The molecule has 0 aliphatic rings. The SMILES string of the molecule is Cc1cc(CO)c(O)c(CNCP(=O)(O)O)c1. The number of aliphatic hydroxyl groups is 1. The Morgan fingerprint density at radius 2 is 1.88 bits per heavy atom. The van der Waals surface area contributed by atoms with Crippen molar-refractivity contribution in [2.24, 2.45) is 0 Å². The zero-order valence-corrected chi connectivity index (χ0v) is 10.3. The molecule has 1 aromatic carbocycles. The fourth-order valence-corrected chi connectivity index (χ4v) is 1.93. The Morgan fingerprint density at radius 3 is 2.41 bits per heavy atom. The van der Waals surface area contributed by atoms with E-state index in [9.17, 15) is 9.67 Å². The molecule has 0 bridgehead atoms. The summed E-state index contributed by atoms with van der Waals surface area (Å²) in [5.74, 6) is -0.0451. The number of benzene rings is 1. The van der Waals surface area contributed by atoms with Crippen LogP contribution in [0.1, 0.15) is 16.7 Å². The van der Waals surface area contributed by atoms with E-state index in [0.717, 1.165) is 5.56 Å². The largest absolute Gasteiger partial charge is 0.507 e. The molecular formula is C10H16NO5P. The quantitative estimate of drug-likeness (QED) is 0.491. The number of hydrogen-bond acceptors (Lipinski definition) is 4. The highest BCUT2D eigenvalue weighted by atomic mass is 31.2. The van der Waals surface area contributed by atoms with E-state index in [1.807, 2.05) is 6.92 Å². The predicted octanol–water partition coefficient (Wildman–Crippen LogP) is 0.418. The van der Waals surface area contributed by atoms with Crippen molar-refractivity contribution >= 4 is 7.60 Å². The average molecular weight is 261 g/mol. The molecule has 0 aliphatic carbocycles. The first-order valence-electron chi connectivity index (χ1n) is 5.01. The van der Waals surface area contributed by atoms with E-state index >= 15 is 0 Å². The standard InChI is InChI=1S/C10H16NO5P/c1-7-2-8(4-11-6-17(14,15)16)10(13)9(3-7)5-12/h2-3,11-13H,4-6H2,1H3,(H2,14,15,16). The van der Waals surface area contributed by atoms with Crippen LogP contribution in [-0.4, -0.2) is 26.3 Å². The van der Waals surface area contributed by atoms with Gasteiger partial charge in [-0.15, -0.1) is 0 Å². The summed E-state index contributed by atoms with van der Waals surface area (Å²) in [4.78, 5) is 17.3. The number of rotatable bonds is 5. The smallest absolute Gasteiger partial charge is 0.339 e. The molecule has 0 saturated heterocycles. The van der Waals surface area contributed by atoms with Gasteiger partial charge in [0.1, 0.15) is 5.75 Å². The number of nitrogens with one attached hydrogen (secondary N) is 1. The molecular weight excluding hydrogens is 245 g/mol. The second kappa shape index (κ2) is 5.62. The van der Waals surface area contributed by atoms with E-state index in [2.05, 4.69) is 5.32 Å². The minimum absolute atomic E-state index is 0.0451. The lowest BCUT2D eigenvalue weighted by Crippen LogP contribution is -2.15. The molecule has 1 aromatic rings. The number of aryl methyl sites for hydroxylation is 1. The number of phenols is 1. The van der Waals surface area contributed by atoms with Crippen molar-refractivity contribution in [3.05, 3.63) is 28.8 Å². The minimum Gasteiger partial charge on any atom is -0.507 e. The summed E-state index contributed by atoms with van der Waals surface area (Å²) < 4.78 is 10.6. The van der Waals surface area contributed by atoms with Crippen molar-refractivity contribution in [1.29, 1.82) is 0 Å². The van der Waals surface area contributed by atoms with Crippen LogP contribution in [0.4, 0.5) is 0 Å². The molecule has 0 unspecified atom stereocenters. The summed E-state index contributed by atoms with van der Waals surface area (Å²) >= 11 is 0. The van der Waals surface area contributed by atoms with Gasteiger partial charge in [0.25, 0.3) is 0 Å². The van der Waals surface area contributed by atoms with Gasteiger partial charge in [0.15, 0.2) is 0 Å². The monoisotopic (exact) mass is 261 g/mol. The Morgan fingerprint density at radius 1 is 1.29 bits per heavy atom. The van der Waals surface area contributed by atoms with Crippen LogP contribution in [0, 0.1) is 6.92 Å². The van der Waals surface area contributed by atoms with E-state index in [1.54, 1.807) is 12.1 Å². The third-order valence-electron chi connectivity index (χ3n) is 2.22. The third-order valence-corrected chi connectivity index (χ3v) is 2.85. The lowest BCUT2D eigenvalue weighted by molar-refractivity contribution is 0.275. The number of aromatic hydroxyl groups is 1. The van der Waals surface area contributed by atoms with Crippen molar-refractivity contribution in [2.75, 3.05) is 6.29 Å². The first kappa shape index (κ1) is 14.2. The highest BCUT2D eigenvalue weighted by Crippen LogP contribution is 2.32. The minimum atomic E-state index is -4.09. The van der Waals surface area contributed by atoms with Gasteiger partial charge in [-0.05, 0) is 6.92 Å². The van der Waals surface area contributed by atoms with Gasteiger partial charge in [0, 0.05) is 17.7 Å². The number of hydrogen-bond donors (Lipinski definition) is 5. The summed E-state index contributed by atoms with van der Waals surface area (Å²) in [6, 6.07) is 3.35. The van der Waals surface area contributed by atoms with Crippen LogP contribution in [0.2, 0.25) is 0 Å². The second-order valence-electron chi connectivity index (χ2n) is 3.84. The summed E-state index contributed by atoms with van der Waals surface area (Å²) in [5, 5.41) is 21.3. The van der Waals surface area contributed by atoms with Gasteiger partial charge >= 0.3 is 7.60 Å². The topological polar surface area (TPSA) is 110 Å². The normalized spacial score (nSPS) is 11.8. The maximum Gasteiger partial charge on any atom is 0.339 e. The van der Waals surface area contributed by atoms with Crippen molar-refractivity contribution in [3.8, 4) is 5.75 Å². The number of aliphatic hydroxyl groups excluding tert-OH is 1. The Labute approximate surface area is 99.1 Å². The predicted molar refractivity (Wildman–Crippen MR) is 62.5 cm³/mol. The van der Waals surface area contributed by atoms with E-state index in [0.29, 0.717) is 11.1 Å². The first-order valence-corrected chi connectivity index (χ1v) is 6.81. The molecule has 0 saturated carbocycles. The van der Waals surface area contributed by atoms with E-state index < -0.39 is 13.9 Å². The molecule has 0 spiro atoms. The second-order valence-corrected chi connectivity index (χ2v) is 5.49. The first-order chi connectivity index (χ1) is 7.83. The molecule has 6 nitrogen and oxygen atoms in total. The van der Waals surface area contributed by atoms with Crippen molar-refractivity contribution < 1.29 is 24.6 Å². The van der Waals surface area contributed by atoms with E-state index in [4.69, 9.17) is 14.9 Å². The summed E-state index contributed by atoms with van der Waals surface area (Å²) in [5.41, 5.74) is 1.76. The maximum atomic E-state index is 10.6. The highest BCUT2D eigenvalue weighted by molar-refractivity contribution is 7.51. The molecule has 0 atom stereocenters. The lowest BCUT2D eigenvalue weighted by atomic mass is 10.1. The molecule has 5 N–H and O–H groups in total. The molecule has 0 aliphatic heterocycles. The molecule has 0 radical (unpaired) electrons. The Hall–Kier alpha value is -0.910.